The minimum atomic E-state index is 0.851. The van der Waals surface area contributed by atoms with Crippen molar-refractivity contribution < 1.29 is 0 Å². The van der Waals surface area contributed by atoms with Gasteiger partial charge in [-0.1, -0.05) is 36.3 Å². The van der Waals surface area contributed by atoms with E-state index in [1.54, 1.807) is 0 Å². The van der Waals surface area contributed by atoms with Gasteiger partial charge in [0, 0.05) is 17.1 Å². The van der Waals surface area contributed by atoms with Gasteiger partial charge in [-0.15, -0.1) is 6.42 Å². The molecular formula is C19H15N. The van der Waals surface area contributed by atoms with E-state index in [0.29, 0.717) is 0 Å². The van der Waals surface area contributed by atoms with Crippen LogP contribution in [0.25, 0.3) is 10.9 Å². The predicted molar refractivity (Wildman–Crippen MR) is 83.7 cm³/mol. The average molecular weight is 257 g/mol. The van der Waals surface area contributed by atoms with Crippen LogP contribution in [0.2, 0.25) is 0 Å². The monoisotopic (exact) mass is 257 g/mol. The number of aromatic nitrogens is 1. The summed E-state index contributed by atoms with van der Waals surface area (Å²) in [4.78, 5) is 4.54. The molecule has 0 bridgehead atoms. The molecule has 96 valence electrons. The standard InChI is InChI=1S/C19H15N/c1-3-15-6-4-7-16(12-15)13-17-10-9-14(2)18-8-5-11-20-19(17)18/h1,4-12H,13H2,2H3. The lowest BCUT2D eigenvalue weighted by Gasteiger charge is -2.08. The number of rotatable bonds is 2. The topological polar surface area (TPSA) is 12.9 Å². The molecule has 0 N–H and O–H groups in total. The Bertz CT molecular complexity index is 809. The van der Waals surface area contributed by atoms with Gasteiger partial charge in [0.2, 0.25) is 0 Å². The molecule has 1 nitrogen and oxygen atoms in total. The Morgan fingerprint density at radius 1 is 1.10 bits per heavy atom. The lowest BCUT2D eigenvalue weighted by atomic mass is 9.98. The minimum Gasteiger partial charge on any atom is -0.256 e. The number of benzene rings is 2. The van der Waals surface area contributed by atoms with Crippen LogP contribution in [-0.4, -0.2) is 4.98 Å². The van der Waals surface area contributed by atoms with E-state index in [9.17, 15) is 0 Å². The van der Waals surface area contributed by atoms with E-state index in [1.165, 1.54) is 22.1 Å². The molecular weight excluding hydrogens is 242 g/mol. The summed E-state index contributed by atoms with van der Waals surface area (Å²) in [6.07, 6.45) is 8.16. The van der Waals surface area contributed by atoms with Gasteiger partial charge >= 0.3 is 0 Å². The van der Waals surface area contributed by atoms with Crippen molar-refractivity contribution in [2.45, 2.75) is 13.3 Å². The molecule has 0 aliphatic heterocycles. The maximum atomic E-state index is 5.46. The summed E-state index contributed by atoms with van der Waals surface area (Å²) in [5.74, 6) is 2.68. The van der Waals surface area contributed by atoms with Crippen LogP contribution in [0.1, 0.15) is 22.3 Å². The second-order valence-corrected chi connectivity index (χ2v) is 4.96. The second-order valence-electron chi connectivity index (χ2n) is 4.96. The van der Waals surface area contributed by atoms with Gasteiger partial charge in [-0.2, -0.15) is 0 Å². The number of fused-ring (bicyclic) bond motifs is 1. The Balaban J connectivity index is 2.07. The zero-order valence-corrected chi connectivity index (χ0v) is 11.4. The van der Waals surface area contributed by atoms with Gasteiger partial charge in [0.1, 0.15) is 0 Å². The quantitative estimate of drug-likeness (QED) is 0.629. The Morgan fingerprint density at radius 3 is 2.85 bits per heavy atom. The van der Waals surface area contributed by atoms with E-state index in [2.05, 4.69) is 48.2 Å². The van der Waals surface area contributed by atoms with Crippen molar-refractivity contribution in [3.05, 3.63) is 77.0 Å². The summed E-state index contributed by atoms with van der Waals surface area (Å²) >= 11 is 0. The predicted octanol–water partition coefficient (Wildman–Crippen LogP) is 4.12. The third-order valence-electron chi connectivity index (χ3n) is 3.56. The molecule has 0 atom stereocenters. The molecule has 1 aromatic heterocycles. The van der Waals surface area contributed by atoms with Gasteiger partial charge < -0.3 is 0 Å². The first-order valence-corrected chi connectivity index (χ1v) is 6.66. The van der Waals surface area contributed by atoms with Crippen LogP contribution in [0.15, 0.2) is 54.7 Å². The Morgan fingerprint density at radius 2 is 2.00 bits per heavy atom. The van der Waals surface area contributed by atoms with Crippen molar-refractivity contribution in [2.24, 2.45) is 0 Å². The number of nitrogens with zero attached hydrogens (tertiary/aromatic N) is 1. The van der Waals surface area contributed by atoms with E-state index in [0.717, 1.165) is 17.5 Å². The van der Waals surface area contributed by atoms with Gasteiger partial charge in [-0.05, 0) is 48.2 Å². The van der Waals surface area contributed by atoms with Gasteiger partial charge in [-0.3, -0.25) is 4.98 Å². The molecule has 0 amide bonds. The Hall–Kier alpha value is -2.59. The van der Waals surface area contributed by atoms with Crippen LogP contribution in [0, 0.1) is 19.3 Å². The summed E-state index contributed by atoms with van der Waals surface area (Å²) in [5, 5.41) is 1.22. The largest absolute Gasteiger partial charge is 0.256 e. The highest BCUT2D eigenvalue weighted by Gasteiger charge is 2.05. The number of hydrogen-bond acceptors (Lipinski definition) is 1. The third kappa shape index (κ3) is 2.29. The first kappa shape index (κ1) is 12.4. The highest BCUT2D eigenvalue weighted by atomic mass is 14.6. The molecule has 20 heavy (non-hydrogen) atoms. The third-order valence-corrected chi connectivity index (χ3v) is 3.56. The minimum absolute atomic E-state index is 0.851. The van der Waals surface area contributed by atoms with Crippen molar-refractivity contribution in [1.82, 2.24) is 4.98 Å². The summed E-state index contributed by atoms with van der Waals surface area (Å²) < 4.78 is 0. The Kier molecular flexibility index (Phi) is 3.23. The summed E-state index contributed by atoms with van der Waals surface area (Å²) in [5.41, 5.74) is 5.72. The fraction of sp³-hybridized carbons (Fsp3) is 0.105. The maximum Gasteiger partial charge on any atom is 0.0739 e. The Labute approximate surface area is 119 Å². The van der Waals surface area contributed by atoms with Crippen LogP contribution >= 0.6 is 0 Å². The van der Waals surface area contributed by atoms with Crippen molar-refractivity contribution in [3.63, 3.8) is 0 Å². The molecule has 1 heteroatoms. The zero-order valence-electron chi connectivity index (χ0n) is 11.4. The molecule has 0 saturated heterocycles. The molecule has 3 rings (SSSR count). The summed E-state index contributed by atoms with van der Waals surface area (Å²) in [6.45, 7) is 2.12. The summed E-state index contributed by atoms with van der Waals surface area (Å²) in [7, 11) is 0. The van der Waals surface area contributed by atoms with Gasteiger partial charge in [-0.25, -0.2) is 0 Å². The van der Waals surface area contributed by atoms with Gasteiger partial charge in [0.15, 0.2) is 0 Å². The molecule has 1 heterocycles. The highest BCUT2D eigenvalue weighted by Crippen LogP contribution is 2.22. The molecule has 0 fully saturated rings. The second kappa shape index (κ2) is 5.19. The van der Waals surface area contributed by atoms with E-state index in [4.69, 9.17) is 6.42 Å². The molecule has 0 saturated carbocycles. The van der Waals surface area contributed by atoms with Crippen molar-refractivity contribution in [3.8, 4) is 12.3 Å². The highest BCUT2D eigenvalue weighted by molar-refractivity contribution is 5.85. The van der Waals surface area contributed by atoms with E-state index < -0.39 is 0 Å². The number of terminal acetylenes is 1. The SMILES string of the molecule is C#Cc1cccc(Cc2ccc(C)c3cccnc23)c1. The molecule has 0 aliphatic rings. The summed E-state index contributed by atoms with van der Waals surface area (Å²) in [6, 6.07) is 16.6. The van der Waals surface area contributed by atoms with Crippen molar-refractivity contribution in [1.29, 1.82) is 0 Å². The fourth-order valence-corrected chi connectivity index (χ4v) is 2.51. The number of pyridine rings is 1. The zero-order chi connectivity index (χ0) is 13.9. The van der Waals surface area contributed by atoms with Crippen molar-refractivity contribution in [2.75, 3.05) is 0 Å². The first-order valence-electron chi connectivity index (χ1n) is 6.66. The average Bonchev–Trinajstić information content (AvgIpc) is 2.51. The molecule has 0 radical (unpaired) electrons. The smallest absolute Gasteiger partial charge is 0.0739 e. The molecule has 2 aromatic carbocycles. The van der Waals surface area contributed by atoms with Crippen LogP contribution in [0.5, 0.6) is 0 Å². The van der Waals surface area contributed by atoms with Crippen LogP contribution in [0.3, 0.4) is 0 Å². The van der Waals surface area contributed by atoms with Crippen LogP contribution in [0.4, 0.5) is 0 Å². The normalized spacial score (nSPS) is 10.4. The van der Waals surface area contributed by atoms with E-state index in [1.807, 2.05) is 24.4 Å². The number of aryl methyl sites for hydroxylation is 1. The van der Waals surface area contributed by atoms with Gasteiger partial charge in [0.05, 0.1) is 5.52 Å². The fourth-order valence-electron chi connectivity index (χ4n) is 2.51. The molecule has 0 unspecified atom stereocenters. The van der Waals surface area contributed by atoms with E-state index >= 15 is 0 Å². The number of hydrogen-bond donors (Lipinski definition) is 0. The van der Waals surface area contributed by atoms with Crippen LogP contribution < -0.4 is 0 Å². The first-order chi connectivity index (χ1) is 9.78. The van der Waals surface area contributed by atoms with E-state index in [-0.39, 0.29) is 0 Å². The molecule has 3 aromatic rings. The van der Waals surface area contributed by atoms with Crippen molar-refractivity contribution >= 4 is 10.9 Å². The van der Waals surface area contributed by atoms with Crippen LogP contribution in [-0.2, 0) is 6.42 Å². The van der Waals surface area contributed by atoms with Gasteiger partial charge in [0.25, 0.3) is 0 Å². The lowest BCUT2D eigenvalue weighted by molar-refractivity contribution is 1.19. The molecule has 0 aliphatic carbocycles. The molecule has 0 spiro atoms. The maximum absolute atomic E-state index is 5.46. The lowest BCUT2D eigenvalue weighted by Crippen LogP contribution is -1.93.